The third kappa shape index (κ3) is 4.13. The monoisotopic (exact) mass is 255 g/mol. The minimum absolute atomic E-state index is 0.113. The Labute approximate surface area is 104 Å². The number of nitrogens with one attached hydrogen (secondary N) is 1. The number of rotatable bonds is 7. The van der Waals surface area contributed by atoms with Crippen LogP contribution in [0.2, 0.25) is 0 Å². The molecule has 0 saturated carbocycles. The lowest BCUT2D eigenvalue weighted by Gasteiger charge is -2.11. The highest BCUT2D eigenvalue weighted by Crippen LogP contribution is 1.97. The zero-order valence-corrected chi connectivity index (χ0v) is 10.2. The van der Waals surface area contributed by atoms with Crippen molar-refractivity contribution >= 4 is 11.9 Å². The van der Waals surface area contributed by atoms with Crippen LogP contribution in [0.25, 0.3) is 0 Å². The molecule has 18 heavy (non-hydrogen) atoms. The van der Waals surface area contributed by atoms with Gasteiger partial charge in [-0.25, -0.2) is 0 Å². The Morgan fingerprint density at radius 2 is 2.33 bits per heavy atom. The van der Waals surface area contributed by atoms with Crippen LogP contribution in [0.3, 0.4) is 0 Å². The molecule has 0 aliphatic rings. The molecular weight excluding hydrogens is 238 g/mol. The Kier molecular flexibility index (Phi) is 5.25. The zero-order valence-electron chi connectivity index (χ0n) is 10.2. The molecule has 8 heteroatoms. The maximum atomic E-state index is 11.6. The Morgan fingerprint density at radius 3 is 2.94 bits per heavy atom. The third-order valence-electron chi connectivity index (χ3n) is 2.46. The Balaban J connectivity index is 2.38. The van der Waals surface area contributed by atoms with Gasteiger partial charge in [-0.15, -0.1) is 10.2 Å². The summed E-state index contributed by atoms with van der Waals surface area (Å²) < 4.78 is 1.79. The molecule has 0 aliphatic carbocycles. The van der Waals surface area contributed by atoms with Crippen molar-refractivity contribution in [1.82, 2.24) is 20.1 Å². The molecule has 0 bridgehead atoms. The van der Waals surface area contributed by atoms with E-state index in [4.69, 9.17) is 10.8 Å². The lowest BCUT2D eigenvalue weighted by molar-refractivity contribution is -0.137. The summed E-state index contributed by atoms with van der Waals surface area (Å²) in [5.74, 6) is -0.720. The molecule has 1 amide bonds. The summed E-state index contributed by atoms with van der Waals surface area (Å²) in [5.41, 5.74) is 5.56. The third-order valence-corrected chi connectivity index (χ3v) is 2.46. The minimum atomic E-state index is -0.969. The average Bonchev–Trinajstić information content (AvgIpc) is 2.80. The molecule has 1 aromatic rings. The van der Waals surface area contributed by atoms with Gasteiger partial charge in [0.2, 0.25) is 5.91 Å². The molecule has 0 saturated heterocycles. The summed E-state index contributed by atoms with van der Waals surface area (Å²) in [6.45, 7) is 2.88. The topological polar surface area (TPSA) is 123 Å². The lowest BCUT2D eigenvalue weighted by atomic mass is 10.1. The van der Waals surface area contributed by atoms with Crippen molar-refractivity contribution in [2.75, 3.05) is 0 Å². The van der Waals surface area contributed by atoms with Crippen LogP contribution in [0.15, 0.2) is 6.33 Å². The molecule has 0 fully saturated rings. The second-order valence-corrected chi connectivity index (χ2v) is 3.79. The Hall–Kier alpha value is -1.96. The van der Waals surface area contributed by atoms with Gasteiger partial charge < -0.3 is 20.7 Å². The molecule has 100 valence electrons. The number of aliphatic carboxylic acids is 1. The second-order valence-electron chi connectivity index (χ2n) is 3.79. The lowest BCUT2D eigenvalue weighted by Crippen LogP contribution is -2.40. The highest BCUT2D eigenvalue weighted by atomic mass is 16.4. The number of aromatic nitrogens is 3. The fraction of sp³-hybridized carbons (Fsp3) is 0.600. The number of amides is 1. The molecule has 8 nitrogen and oxygen atoms in total. The summed E-state index contributed by atoms with van der Waals surface area (Å²) in [6, 6.07) is -0.820. The van der Waals surface area contributed by atoms with Crippen molar-refractivity contribution in [3.8, 4) is 0 Å². The van der Waals surface area contributed by atoms with E-state index in [1.807, 2.05) is 6.92 Å². The van der Waals surface area contributed by atoms with Gasteiger partial charge in [0.1, 0.15) is 6.33 Å². The Bertz CT molecular complexity index is 417. The van der Waals surface area contributed by atoms with E-state index < -0.39 is 12.0 Å². The smallest absolute Gasteiger partial charge is 0.303 e. The maximum absolute atomic E-state index is 11.6. The van der Waals surface area contributed by atoms with Crippen LogP contribution >= 0.6 is 0 Å². The molecule has 1 atom stereocenters. The number of hydrogen-bond acceptors (Lipinski definition) is 5. The molecule has 1 aromatic heterocycles. The number of carbonyl (C=O) groups is 2. The van der Waals surface area contributed by atoms with E-state index in [9.17, 15) is 9.59 Å². The van der Waals surface area contributed by atoms with E-state index in [-0.39, 0.29) is 25.3 Å². The molecule has 0 aliphatic heterocycles. The number of nitrogens with zero attached hydrogens (tertiary/aromatic N) is 3. The van der Waals surface area contributed by atoms with E-state index in [0.29, 0.717) is 12.4 Å². The first-order valence-corrected chi connectivity index (χ1v) is 5.66. The molecule has 0 spiro atoms. The SMILES string of the molecule is CCn1cnnc1CNC(=O)C(N)CCC(=O)O. The van der Waals surface area contributed by atoms with E-state index >= 15 is 0 Å². The van der Waals surface area contributed by atoms with Crippen LogP contribution < -0.4 is 11.1 Å². The maximum Gasteiger partial charge on any atom is 0.303 e. The Morgan fingerprint density at radius 1 is 1.61 bits per heavy atom. The number of carboxylic acids is 1. The van der Waals surface area contributed by atoms with Crippen LogP contribution in [0.5, 0.6) is 0 Å². The molecule has 4 N–H and O–H groups in total. The highest BCUT2D eigenvalue weighted by Gasteiger charge is 2.15. The number of carbonyl (C=O) groups excluding carboxylic acids is 1. The van der Waals surface area contributed by atoms with E-state index in [1.165, 1.54) is 0 Å². The van der Waals surface area contributed by atoms with Crippen LogP contribution in [0.1, 0.15) is 25.6 Å². The molecule has 0 aromatic carbocycles. The minimum Gasteiger partial charge on any atom is -0.481 e. The van der Waals surface area contributed by atoms with Crippen molar-refractivity contribution in [2.45, 2.75) is 38.9 Å². The highest BCUT2D eigenvalue weighted by molar-refractivity contribution is 5.82. The van der Waals surface area contributed by atoms with Gasteiger partial charge in [0.25, 0.3) is 0 Å². The van der Waals surface area contributed by atoms with Gasteiger partial charge in [-0.05, 0) is 13.3 Å². The fourth-order valence-corrected chi connectivity index (χ4v) is 1.39. The summed E-state index contributed by atoms with van der Waals surface area (Å²) in [7, 11) is 0. The van der Waals surface area contributed by atoms with Crippen molar-refractivity contribution in [1.29, 1.82) is 0 Å². The zero-order chi connectivity index (χ0) is 13.5. The van der Waals surface area contributed by atoms with Gasteiger partial charge in [0.15, 0.2) is 5.82 Å². The molecule has 1 heterocycles. The van der Waals surface area contributed by atoms with Crippen molar-refractivity contribution in [2.24, 2.45) is 5.73 Å². The van der Waals surface area contributed by atoms with E-state index in [1.54, 1.807) is 10.9 Å². The van der Waals surface area contributed by atoms with Crippen LogP contribution in [0, 0.1) is 0 Å². The molecule has 1 rings (SSSR count). The van der Waals surface area contributed by atoms with Gasteiger partial charge in [-0.2, -0.15) is 0 Å². The van der Waals surface area contributed by atoms with Gasteiger partial charge in [-0.1, -0.05) is 0 Å². The predicted molar refractivity (Wildman–Crippen MR) is 62.4 cm³/mol. The number of aryl methyl sites for hydroxylation is 1. The van der Waals surface area contributed by atoms with Crippen molar-refractivity contribution < 1.29 is 14.7 Å². The van der Waals surface area contributed by atoms with Crippen LogP contribution in [-0.2, 0) is 22.7 Å². The first-order chi connectivity index (χ1) is 8.54. The number of carboxylic acid groups (broad SMARTS) is 1. The average molecular weight is 255 g/mol. The van der Waals surface area contributed by atoms with Crippen molar-refractivity contribution in [3.05, 3.63) is 12.2 Å². The summed E-state index contributed by atoms with van der Waals surface area (Å²) >= 11 is 0. The first kappa shape index (κ1) is 14.1. The van der Waals surface area contributed by atoms with Crippen LogP contribution in [0.4, 0.5) is 0 Å². The quantitative estimate of drug-likeness (QED) is 0.580. The first-order valence-electron chi connectivity index (χ1n) is 5.66. The summed E-state index contributed by atoms with van der Waals surface area (Å²) in [4.78, 5) is 21.9. The largest absolute Gasteiger partial charge is 0.481 e. The molecule has 1 unspecified atom stereocenters. The number of nitrogens with two attached hydrogens (primary N) is 1. The van der Waals surface area contributed by atoms with Gasteiger partial charge in [-0.3, -0.25) is 9.59 Å². The molecule has 0 radical (unpaired) electrons. The molecular formula is C10H17N5O3. The van der Waals surface area contributed by atoms with Gasteiger partial charge >= 0.3 is 5.97 Å². The fourth-order valence-electron chi connectivity index (χ4n) is 1.39. The van der Waals surface area contributed by atoms with Crippen LogP contribution in [-0.4, -0.2) is 37.8 Å². The predicted octanol–water partition coefficient (Wildman–Crippen LogP) is -0.894. The van der Waals surface area contributed by atoms with Crippen molar-refractivity contribution in [3.63, 3.8) is 0 Å². The second kappa shape index (κ2) is 6.70. The summed E-state index contributed by atoms with van der Waals surface area (Å²) in [5, 5.41) is 18.7. The number of hydrogen-bond donors (Lipinski definition) is 3. The standard InChI is InChI=1S/C10H17N5O3/c1-2-15-6-13-14-8(15)5-12-10(18)7(11)3-4-9(16)17/h6-7H,2-5,11H2,1H3,(H,12,18)(H,16,17). The van der Waals surface area contributed by atoms with Gasteiger partial charge in [0, 0.05) is 13.0 Å². The van der Waals surface area contributed by atoms with E-state index in [0.717, 1.165) is 0 Å². The normalized spacial score (nSPS) is 12.1. The summed E-state index contributed by atoms with van der Waals surface area (Å²) in [6.07, 6.45) is 1.56. The van der Waals surface area contributed by atoms with Gasteiger partial charge in [0.05, 0.1) is 12.6 Å². The van der Waals surface area contributed by atoms with E-state index in [2.05, 4.69) is 15.5 Å².